The van der Waals surface area contributed by atoms with Crippen LogP contribution in [0.1, 0.15) is 38.6 Å². The van der Waals surface area contributed by atoms with E-state index in [1.165, 1.54) is 0 Å². The van der Waals surface area contributed by atoms with Crippen LogP contribution < -0.4 is 5.73 Å². The fourth-order valence-electron chi connectivity index (χ4n) is 3.24. The zero-order valence-electron chi connectivity index (χ0n) is 13.0. The minimum Gasteiger partial charge on any atom is -0.331 e. The van der Waals surface area contributed by atoms with E-state index in [0.717, 1.165) is 42.8 Å². The van der Waals surface area contributed by atoms with Crippen molar-refractivity contribution in [1.29, 1.82) is 0 Å². The van der Waals surface area contributed by atoms with E-state index in [2.05, 4.69) is 17.6 Å². The van der Waals surface area contributed by atoms with Gasteiger partial charge in [-0.2, -0.15) is 0 Å². The number of likely N-dealkylation sites (tertiary alicyclic amines) is 1. The van der Waals surface area contributed by atoms with Gasteiger partial charge in [-0.1, -0.05) is 12.1 Å². The Bertz CT molecular complexity index is 667. The van der Waals surface area contributed by atoms with Gasteiger partial charge in [-0.15, -0.1) is 12.4 Å². The molecule has 0 bridgehead atoms. The lowest BCUT2D eigenvalue weighted by atomic mass is 10.2. The van der Waals surface area contributed by atoms with Gasteiger partial charge >= 0.3 is 0 Å². The minimum absolute atomic E-state index is 0. The Hall–Kier alpha value is -1.59. The molecule has 2 N–H and O–H groups in total. The van der Waals surface area contributed by atoms with Gasteiger partial charge in [-0.25, -0.2) is 4.98 Å². The summed E-state index contributed by atoms with van der Waals surface area (Å²) in [5, 5.41) is 0. The van der Waals surface area contributed by atoms with E-state index in [0.29, 0.717) is 0 Å². The number of aromatic nitrogens is 2. The number of benzene rings is 1. The molecule has 5 nitrogen and oxygen atoms in total. The number of hydrogen-bond acceptors (Lipinski definition) is 3. The Balaban J connectivity index is 0.00000176. The van der Waals surface area contributed by atoms with Gasteiger partial charge in [0.25, 0.3) is 0 Å². The molecule has 2 atom stereocenters. The highest BCUT2D eigenvalue weighted by molar-refractivity contribution is 5.85. The number of para-hydroxylation sites is 2. The van der Waals surface area contributed by atoms with Crippen LogP contribution in [0.4, 0.5) is 0 Å². The van der Waals surface area contributed by atoms with Gasteiger partial charge in [0.05, 0.1) is 23.1 Å². The molecule has 0 spiro atoms. The summed E-state index contributed by atoms with van der Waals surface area (Å²) in [6.07, 6.45) is 1.97. The van der Waals surface area contributed by atoms with Crippen LogP contribution in [0.2, 0.25) is 0 Å². The van der Waals surface area contributed by atoms with Crippen molar-refractivity contribution in [2.24, 2.45) is 5.73 Å². The minimum atomic E-state index is -0.454. The molecule has 2 heterocycles. The molecule has 22 heavy (non-hydrogen) atoms. The first-order chi connectivity index (χ1) is 10.1. The third-order valence-electron chi connectivity index (χ3n) is 4.22. The molecule has 1 aliphatic rings. The second kappa shape index (κ2) is 6.67. The molecule has 1 fully saturated rings. The molecular formula is C16H23ClN4O. The Kier molecular flexibility index (Phi) is 5.08. The normalized spacial score (nSPS) is 19.2. The molecule has 1 aliphatic heterocycles. The first-order valence-corrected chi connectivity index (χ1v) is 7.64. The quantitative estimate of drug-likeness (QED) is 0.944. The molecule has 1 saturated heterocycles. The van der Waals surface area contributed by atoms with Crippen molar-refractivity contribution in [3.8, 4) is 0 Å². The van der Waals surface area contributed by atoms with Crippen molar-refractivity contribution in [3.05, 3.63) is 30.1 Å². The van der Waals surface area contributed by atoms with Crippen LogP contribution in [-0.4, -0.2) is 32.9 Å². The number of nitrogens with two attached hydrogens (primary N) is 1. The first-order valence-electron chi connectivity index (χ1n) is 7.64. The summed E-state index contributed by atoms with van der Waals surface area (Å²) in [7, 11) is 0. The highest BCUT2D eigenvalue weighted by Gasteiger charge is 2.34. The third-order valence-corrected chi connectivity index (χ3v) is 4.22. The van der Waals surface area contributed by atoms with E-state index in [1.54, 1.807) is 6.92 Å². The maximum atomic E-state index is 12.3. The Morgan fingerprint density at radius 2 is 2.18 bits per heavy atom. The van der Waals surface area contributed by atoms with Crippen molar-refractivity contribution in [2.45, 2.75) is 45.3 Å². The van der Waals surface area contributed by atoms with Crippen molar-refractivity contribution in [2.75, 3.05) is 6.54 Å². The first kappa shape index (κ1) is 16.8. The van der Waals surface area contributed by atoms with Gasteiger partial charge in [0.15, 0.2) is 0 Å². The summed E-state index contributed by atoms with van der Waals surface area (Å²) in [5.41, 5.74) is 7.91. The molecule has 6 heteroatoms. The molecule has 0 aliphatic carbocycles. The van der Waals surface area contributed by atoms with Crippen LogP contribution in [0.5, 0.6) is 0 Å². The van der Waals surface area contributed by atoms with Gasteiger partial charge in [-0.3, -0.25) is 4.79 Å². The van der Waals surface area contributed by atoms with Crippen LogP contribution in [-0.2, 0) is 11.3 Å². The van der Waals surface area contributed by atoms with E-state index in [-0.39, 0.29) is 24.4 Å². The molecule has 2 unspecified atom stereocenters. The number of nitrogens with zero attached hydrogens (tertiary/aromatic N) is 3. The zero-order valence-corrected chi connectivity index (χ0v) is 13.8. The van der Waals surface area contributed by atoms with Gasteiger partial charge < -0.3 is 15.2 Å². The number of rotatable bonds is 3. The van der Waals surface area contributed by atoms with Crippen molar-refractivity contribution in [1.82, 2.24) is 14.5 Å². The Morgan fingerprint density at radius 1 is 1.45 bits per heavy atom. The van der Waals surface area contributed by atoms with Crippen molar-refractivity contribution >= 4 is 29.3 Å². The zero-order chi connectivity index (χ0) is 15.0. The van der Waals surface area contributed by atoms with E-state index in [4.69, 9.17) is 10.7 Å². The number of halogens is 1. The van der Waals surface area contributed by atoms with E-state index in [1.807, 2.05) is 23.1 Å². The van der Waals surface area contributed by atoms with E-state index < -0.39 is 6.04 Å². The fourth-order valence-corrected chi connectivity index (χ4v) is 3.24. The van der Waals surface area contributed by atoms with Gasteiger partial charge in [-0.05, 0) is 38.8 Å². The smallest absolute Gasteiger partial charge is 0.239 e. The highest BCUT2D eigenvalue weighted by Crippen LogP contribution is 2.33. The summed E-state index contributed by atoms with van der Waals surface area (Å²) in [6.45, 7) is 5.50. The number of carbonyl (C=O) groups is 1. The summed E-state index contributed by atoms with van der Waals surface area (Å²) >= 11 is 0. The summed E-state index contributed by atoms with van der Waals surface area (Å²) < 4.78 is 2.22. The lowest BCUT2D eigenvalue weighted by Gasteiger charge is -2.26. The van der Waals surface area contributed by atoms with Gasteiger partial charge in [0.1, 0.15) is 5.82 Å². The van der Waals surface area contributed by atoms with Crippen LogP contribution >= 0.6 is 12.4 Å². The maximum Gasteiger partial charge on any atom is 0.239 e. The molecule has 0 radical (unpaired) electrons. The number of carbonyl (C=O) groups excluding carboxylic acids is 1. The Morgan fingerprint density at radius 3 is 2.86 bits per heavy atom. The van der Waals surface area contributed by atoms with Crippen LogP contribution in [0.3, 0.4) is 0 Å². The molecule has 1 aromatic heterocycles. The monoisotopic (exact) mass is 322 g/mol. The summed E-state index contributed by atoms with van der Waals surface area (Å²) in [5.74, 6) is 1.01. The number of hydrogen-bond donors (Lipinski definition) is 1. The number of fused-ring (bicyclic) bond motifs is 1. The number of amides is 1. The summed E-state index contributed by atoms with van der Waals surface area (Å²) in [6, 6.07) is 7.73. The Labute approximate surface area is 136 Å². The highest BCUT2D eigenvalue weighted by atomic mass is 35.5. The fraction of sp³-hybridized carbons (Fsp3) is 0.500. The molecule has 2 aromatic rings. The average Bonchev–Trinajstić information content (AvgIpc) is 3.09. The largest absolute Gasteiger partial charge is 0.331 e. The lowest BCUT2D eigenvalue weighted by Crippen LogP contribution is -2.42. The maximum absolute atomic E-state index is 12.3. The van der Waals surface area contributed by atoms with Crippen LogP contribution in [0.25, 0.3) is 11.0 Å². The molecular weight excluding hydrogens is 300 g/mol. The SMILES string of the molecule is CCn1c(C2CCCN2C(=O)C(C)N)nc2ccccc21.Cl. The van der Waals surface area contributed by atoms with Crippen molar-refractivity contribution in [3.63, 3.8) is 0 Å². The van der Waals surface area contributed by atoms with E-state index in [9.17, 15) is 4.79 Å². The summed E-state index contributed by atoms with van der Waals surface area (Å²) in [4.78, 5) is 19.0. The lowest BCUT2D eigenvalue weighted by molar-refractivity contribution is -0.133. The topological polar surface area (TPSA) is 64.2 Å². The predicted molar refractivity (Wildman–Crippen MR) is 90.0 cm³/mol. The number of aryl methyl sites for hydroxylation is 1. The second-order valence-electron chi connectivity index (χ2n) is 5.68. The predicted octanol–water partition coefficient (Wildman–Crippen LogP) is 2.49. The molecule has 1 aromatic carbocycles. The van der Waals surface area contributed by atoms with Gasteiger partial charge in [0.2, 0.25) is 5.91 Å². The van der Waals surface area contributed by atoms with Crippen molar-refractivity contribution < 1.29 is 4.79 Å². The average molecular weight is 323 g/mol. The third kappa shape index (κ3) is 2.71. The van der Waals surface area contributed by atoms with E-state index >= 15 is 0 Å². The molecule has 3 rings (SSSR count). The molecule has 1 amide bonds. The van der Waals surface area contributed by atoms with Gasteiger partial charge in [0, 0.05) is 13.1 Å². The van der Waals surface area contributed by atoms with Crippen LogP contribution in [0, 0.1) is 0 Å². The van der Waals surface area contributed by atoms with Crippen LogP contribution in [0.15, 0.2) is 24.3 Å². The second-order valence-corrected chi connectivity index (χ2v) is 5.68. The molecule has 120 valence electrons. The molecule has 0 saturated carbocycles. The standard InChI is InChI=1S/C16H22N4O.ClH/c1-3-19-13-8-5-4-7-12(13)18-15(19)14-9-6-10-20(14)16(21)11(2)17;/h4-5,7-8,11,14H,3,6,9-10,17H2,1-2H3;1H. The number of imidazole rings is 1.